The summed E-state index contributed by atoms with van der Waals surface area (Å²) in [6, 6.07) is 11.2. The van der Waals surface area contributed by atoms with Crippen LogP contribution in [0, 0.1) is 6.92 Å². The molecule has 0 atom stereocenters. The van der Waals surface area contributed by atoms with Gasteiger partial charge >= 0.3 is 6.18 Å². The van der Waals surface area contributed by atoms with Crippen LogP contribution >= 0.6 is 11.6 Å². The molecule has 5 rings (SSSR count). The van der Waals surface area contributed by atoms with E-state index < -0.39 is 11.7 Å². The Balaban J connectivity index is 1.30. The van der Waals surface area contributed by atoms with Gasteiger partial charge in [-0.2, -0.15) is 13.2 Å². The van der Waals surface area contributed by atoms with Crippen LogP contribution in [0.3, 0.4) is 0 Å². The Morgan fingerprint density at radius 1 is 1.15 bits per heavy atom. The molecule has 3 aromatic heterocycles. The summed E-state index contributed by atoms with van der Waals surface area (Å²) >= 11 is 6.38. The number of nitrogens with zero attached hydrogens (tertiary/aromatic N) is 4. The summed E-state index contributed by atoms with van der Waals surface area (Å²) in [5, 5.41) is 6.17. The van der Waals surface area contributed by atoms with E-state index >= 15 is 0 Å². The highest BCUT2D eigenvalue weighted by Gasteiger charge is 2.30. The first-order valence-electron chi connectivity index (χ1n) is 11.6. The summed E-state index contributed by atoms with van der Waals surface area (Å²) in [6.45, 7) is 2.40. The molecule has 0 bridgehead atoms. The van der Waals surface area contributed by atoms with Crippen molar-refractivity contribution >= 4 is 40.0 Å². The van der Waals surface area contributed by atoms with Gasteiger partial charge in [-0.25, -0.2) is 15.0 Å². The van der Waals surface area contributed by atoms with Crippen LogP contribution in [0.4, 0.5) is 24.7 Å². The van der Waals surface area contributed by atoms with Gasteiger partial charge in [0.1, 0.15) is 29.6 Å². The third-order valence-electron chi connectivity index (χ3n) is 5.62. The summed E-state index contributed by atoms with van der Waals surface area (Å²) in [7, 11) is 0. The Bertz CT molecular complexity index is 1650. The first-order chi connectivity index (χ1) is 18.7. The largest absolute Gasteiger partial charge is 0.456 e. The molecule has 2 aromatic carbocycles. The molecule has 0 aliphatic rings. The van der Waals surface area contributed by atoms with Crippen LogP contribution in [0.2, 0.25) is 5.02 Å². The molecule has 0 saturated carbocycles. The summed E-state index contributed by atoms with van der Waals surface area (Å²) in [4.78, 5) is 24.9. The average Bonchev–Trinajstić information content (AvgIpc) is 3.52. The van der Waals surface area contributed by atoms with E-state index in [-0.39, 0.29) is 28.1 Å². The summed E-state index contributed by atoms with van der Waals surface area (Å²) < 4.78 is 51.6. The van der Waals surface area contributed by atoms with E-state index in [0.717, 1.165) is 12.1 Å². The lowest BCUT2D eigenvalue weighted by Gasteiger charge is -2.13. The number of amides is 1. The first-order valence-corrected chi connectivity index (χ1v) is 12.0. The van der Waals surface area contributed by atoms with E-state index in [9.17, 15) is 18.0 Å². The predicted molar refractivity (Wildman–Crippen MR) is 137 cm³/mol. The normalized spacial score (nSPS) is 11.5. The van der Waals surface area contributed by atoms with E-state index in [1.54, 1.807) is 25.1 Å². The minimum Gasteiger partial charge on any atom is -0.456 e. The Morgan fingerprint density at radius 3 is 2.74 bits per heavy atom. The number of anilines is 2. The van der Waals surface area contributed by atoms with Crippen LogP contribution in [0.1, 0.15) is 21.9 Å². The second kappa shape index (κ2) is 10.7. The number of benzene rings is 2. The summed E-state index contributed by atoms with van der Waals surface area (Å²) in [5.41, 5.74) is 1.33. The Morgan fingerprint density at radius 2 is 2.00 bits per heavy atom. The quantitative estimate of drug-likeness (QED) is 0.229. The van der Waals surface area contributed by atoms with Gasteiger partial charge in [0, 0.05) is 31.9 Å². The van der Waals surface area contributed by atoms with Crippen molar-refractivity contribution in [3.63, 3.8) is 0 Å². The van der Waals surface area contributed by atoms with Gasteiger partial charge < -0.3 is 24.4 Å². The number of hydrogen-bond acceptors (Lipinski definition) is 7. The number of aryl methyl sites for hydroxylation is 1. The number of alkyl halides is 3. The molecule has 0 fully saturated rings. The van der Waals surface area contributed by atoms with Gasteiger partial charge in [-0.05, 0) is 42.5 Å². The van der Waals surface area contributed by atoms with Crippen LogP contribution in [-0.4, -0.2) is 32.0 Å². The number of ether oxygens (including phenoxy) is 1. The van der Waals surface area contributed by atoms with Crippen LogP contribution < -0.4 is 15.4 Å². The van der Waals surface area contributed by atoms with Gasteiger partial charge in [0.05, 0.1) is 16.1 Å². The average molecular weight is 557 g/mol. The minimum atomic E-state index is -4.49. The molecular weight excluding hydrogens is 537 g/mol. The van der Waals surface area contributed by atoms with Gasteiger partial charge in [0.2, 0.25) is 0 Å². The van der Waals surface area contributed by atoms with Crippen molar-refractivity contribution in [3.8, 4) is 11.5 Å². The standard InChI is InChI=1S/C26H20ClF3N6O3/c1-15-34-21(13-38-15)25(37)31-8-10-36-9-7-20-23(36)24(33-14-32-20)35-17-5-6-22(19(27)12-17)39-18-4-2-3-16(11-18)26(28,29)30/h2-7,9,11-14H,8,10H2,1H3,(H,31,37)(H,32,33,35). The number of nitrogens with one attached hydrogen (secondary N) is 2. The third kappa shape index (κ3) is 5.96. The van der Waals surface area contributed by atoms with Crippen LogP contribution in [-0.2, 0) is 12.7 Å². The van der Waals surface area contributed by atoms with Crippen molar-refractivity contribution in [1.29, 1.82) is 0 Å². The Labute approximate surface area is 224 Å². The molecule has 2 N–H and O–H groups in total. The maximum absolute atomic E-state index is 13.0. The lowest BCUT2D eigenvalue weighted by atomic mass is 10.2. The Hall–Kier alpha value is -4.58. The zero-order chi connectivity index (χ0) is 27.6. The number of aromatic nitrogens is 4. The minimum absolute atomic E-state index is 0.00791. The first kappa shape index (κ1) is 26.0. The van der Waals surface area contributed by atoms with E-state index in [2.05, 4.69) is 25.6 Å². The summed E-state index contributed by atoms with van der Waals surface area (Å²) in [5.74, 6) is 0.746. The van der Waals surface area contributed by atoms with Crippen molar-refractivity contribution in [2.24, 2.45) is 0 Å². The highest BCUT2D eigenvalue weighted by atomic mass is 35.5. The second-order valence-electron chi connectivity index (χ2n) is 8.37. The molecule has 1 amide bonds. The smallest absolute Gasteiger partial charge is 0.416 e. The molecule has 0 saturated heterocycles. The number of rotatable bonds is 8. The number of carbonyl (C=O) groups is 1. The zero-order valence-corrected chi connectivity index (χ0v) is 21.0. The van der Waals surface area contributed by atoms with Gasteiger partial charge in [0.15, 0.2) is 17.4 Å². The molecule has 0 unspecified atom stereocenters. The molecule has 13 heteroatoms. The second-order valence-corrected chi connectivity index (χ2v) is 8.78. The van der Waals surface area contributed by atoms with E-state index in [1.165, 1.54) is 24.7 Å². The fourth-order valence-corrected chi connectivity index (χ4v) is 4.04. The lowest BCUT2D eigenvalue weighted by Crippen LogP contribution is -2.27. The Kier molecular flexibility index (Phi) is 7.11. The maximum Gasteiger partial charge on any atom is 0.416 e. The van der Waals surface area contributed by atoms with E-state index in [0.29, 0.717) is 41.5 Å². The fraction of sp³-hybridized carbons (Fsp3) is 0.154. The number of fused-ring (bicyclic) bond motifs is 1. The number of halogens is 4. The third-order valence-corrected chi connectivity index (χ3v) is 5.92. The molecule has 200 valence electrons. The van der Waals surface area contributed by atoms with Crippen molar-refractivity contribution < 1.29 is 27.1 Å². The van der Waals surface area contributed by atoms with Crippen LogP contribution in [0.5, 0.6) is 11.5 Å². The van der Waals surface area contributed by atoms with Crippen molar-refractivity contribution in [1.82, 2.24) is 24.8 Å². The van der Waals surface area contributed by atoms with Gasteiger partial charge in [0.25, 0.3) is 5.91 Å². The maximum atomic E-state index is 13.0. The molecular formula is C26H20ClF3N6O3. The van der Waals surface area contributed by atoms with Crippen LogP contribution in [0.25, 0.3) is 11.0 Å². The molecule has 0 aliphatic heterocycles. The monoisotopic (exact) mass is 556 g/mol. The van der Waals surface area contributed by atoms with Crippen molar-refractivity contribution in [2.45, 2.75) is 19.6 Å². The van der Waals surface area contributed by atoms with Gasteiger partial charge in [-0.1, -0.05) is 17.7 Å². The topological polar surface area (TPSA) is 107 Å². The molecule has 3 heterocycles. The number of oxazole rings is 1. The molecule has 0 spiro atoms. The molecule has 39 heavy (non-hydrogen) atoms. The molecule has 0 aliphatic carbocycles. The molecule has 0 radical (unpaired) electrons. The van der Waals surface area contributed by atoms with E-state index in [1.807, 2.05) is 16.8 Å². The van der Waals surface area contributed by atoms with Crippen molar-refractivity contribution in [3.05, 3.63) is 89.5 Å². The molecule has 9 nitrogen and oxygen atoms in total. The molecule has 5 aromatic rings. The fourth-order valence-electron chi connectivity index (χ4n) is 3.82. The zero-order valence-electron chi connectivity index (χ0n) is 20.3. The highest BCUT2D eigenvalue weighted by molar-refractivity contribution is 6.32. The van der Waals surface area contributed by atoms with Gasteiger partial charge in [-0.15, -0.1) is 0 Å². The van der Waals surface area contributed by atoms with Crippen molar-refractivity contribution in [2.75, 3.05) is 11.9 Å². The van der Waals surface area contributed by atoms with E-state index in [4.69, 9.17) is 20.8 Å². The number of carbonyl (C=O) groups excluding carboxylic acids is 1. The number of hydrogen-bond donors (Lipinski definition) is 2. The van der Waals surface area contributed by atoms with Gasteiger partial charge in [-0.3, -0.25) is 4.79 Å². The predicted octanol–water partition coefficient (Wildman–Crippen LogP) is 6.37. The SMILES string of the molecule is Cc1nc(C(=O)NCCn2ccc3ncnc(Nc4ccc(Oc5cccc(C(F)(F)F)c5)c(Cl)c4)c32)co1. The lowest BCUT2D eigenvalue weighted by molar-refractivity contribution is -0.137. The highest BCUT2D eigenvalue weighted by Crippen LogP contribution is 2.36. The van der Waals surface area contributed by atoms with Crippen LogP contribution in [0.15, 0.2) is 71.7 Å². The summed E-state index contributed by atoms with van der Waals surface area (Å²) in [6.07, 6.45) is 0.0538.